The number of aliphatic hydroxyl groups is 1. The third-order valence-electron chi connectivity index (χ3n) is 6.77. The van der Waals surface area contributed by atoms with Crippen LogP contribution in [0.5, 0.6) is 0 Å². The summed E-state index contributed by atoms with van der Waals surface area (Å²) in [7, 11) is 2.90. The number of carbonyl (C=O) groups is 2. The third kappa shape index (κ3) is 4.67. The van der Waals surface area contributed by atoms with Crippen molar-refractivity contribution in [3.63, 3.8) is 0 Å². The monoisotopic (exact) mass is 529 g/mol. The molecular formula is C30H28FN3O5. The van der Waals surface area contributed by atoms with Crippen molar-refractivity contribution < 1.29 is 28.2 Å². The standard InChI is InChI=1S/C30H28FN3O5/c1-30(2,29(37)38-4)34-27(35)18-7-5-6-17(14-18)21-15-22-23(28(36)32-3)25(16-8-10-19(31)11-9-16)39-26(22)20-12-13-33-24(20)21/h5-15,29,33,37H,1-4H3,(H,32,36)(H,34,35). The second-order valence-corrected chi connectivity index (χ2v) is 9.80. The van der Waals surface area contributed by atoms with Crippen LogP contribution in [-0.2, 0) is 4.74 Å². The van der Waals surface area contributed by atoms with Gasteiger partial charge in [0.2, 0.25) is 0 Å². The molecule has 0 saturated carbocycles. The first kappa shape index (κ1) is 26.1. The molecule has 0 fully saturated rings. The molecule has 200 valence electrons. The van der Waals surface area contributed by atoms with Crippen molar-refractivity contribution in [3.8, 4) is 22.5 Å². The van der Waals surface area contributed by atoms with E-state index in [4.69, 9.17) is 9.15 Å². The summed E-state index contributed by atoms with van der Waals surface area (Å²) < 4.78 is 24.9. The van der Waals surface area contributed by atoms with Crippen LogP contribution in [0.3, 0.4) is 0 Å². The molecule has 1 unspecified atom stereocenters. The molecule has 5 rings (SSSR count). The average molecular weight is 530 g/mol. The number of furan rings is 1. The van der Waals surface area contributed by atoms with Crippen LogP contribution in [0.4, 0.5) is 4.39 Å². The van der Waals surface area contributed by atoms with E-state index in [0.717, 1.165) is 22.0 Å². The van der Waals surface area contributed by atoms with E-state index >= 15 is 0 Å². The average Bonchev–Trinajstić information content (AvgIpc) is 3.57. The van der Waals surface area contributed by atoms with E-state index < -0.39 is 17.6 Å². The molecule has 0 aliphatic rings. The highest BCUT2D eigenvalue weighted by Crippen LogP contribution is 2.41. The number of aliphatic hydroxyl groups excluding tert-OH is 1. The molecule has 9 heteroatoms. The maximum Gasteiger partial charge on any atom is 0.255 e. The summed E-state index contributed by atoms with van der Waals surface area (Å²) in [6.07, 6.45) is 0.587. The lowest BCUT2D eigenvalue weighted by Crippen LogP contribution is -2.52. The predicted molar refractivity (Wildman–Crippen MR) is 147 cm³/mol. The minimum absolute atomic E-state index is 0.327. The normalized spacial score (nSPS) is 12.6. The zero-order valence-corrected chi connectivity index (χ0v) is 21.9. The maximum atomic E-state index is 13.6. The Morgan fingerprint density at radius 1 is 1.03 bits per heavy atom. The number of carbonyl (C=O) groups excluding carboxylic acids is 2. The van der Waals surface area contributed by atoms with Crippen molar-refractivity contribution in [2.75, 3.05) is 14.2 Å². The van der Waals surface area contributed by atoms with Crippen LogP contribution in [0, 0.1) is 5.82 Å². The number of methoxy groups -OCH3 is 1. The van der Waals surface area contributed by atoms with Gasteiger partial charge in [-0.15, -0.1) is 0 Å². The lowest BCUT2D eigenvalue weighted by molar-refractivity contribution is -0.120. The zero-order chi connectivity index (χ0) is 27.9. The fraction of sp³-hybridized carbons (Fsp3) is 0.200. The summed E-state index contributed by atoms with van der Waals surface area (Å²) >= 11 is 0. The summed E-state index contributed by atoms with van der Waals surface area (Å²) in [5, 5.41) is 16.9. The fourth-order valence-corrected chi connectivity index (χ4v) is 4.71. The number of hydrogen-bond donors (Lipinski definition) is 4. The van der Waals surface area contributed by atoms with Crippen LogP contribution < -0.4 is 10.6 Å². The first-order valence-corrected chi connectivity index (χ1v) is 12.3. The molecule has 0 spiro atoms. The van der Waals surface area contributed by atoms with Crippen LogP contribution in [-0.4, -0.2) is 47.9 Å². The Balaban J connectivity index is 1.67. The molecule has 4 N–H and O–H groups in total. The van der Waals surface area contributed by atoms with Crippen LogP contribution in [0.2, 0.25) is 0 Å². The summed E-state index contributed by atoms with van der Waals surface area (Å²) in [5.41, 5.74) is 3.01. The minimum atomic E-state index is -1.19. The minimum Gasteiger partial charge on any atom is -0.454 e. The number of ether oxygens (including phenoxy) is 1. The third-order valence-corrected chi connectivity index (χ3v) is 6.77. The van der Waals surface area contributed by atoms with Gasteiger partial charge in [-0.25, -0.2) is 4.39 Å². The number of aromatic amines is 1. The van der Waals surface area contributed by atoms with Crippen molar-refractivity contribution in [2.45, 2.75) is 25.7 Å². The lowest BCUT2D eigenvalue weighted by atomic mass is 9.96. The van der Waals surface area contributed by atoms with Gasteiger partial charge in [0.25, 0.3) is 11.8 Å². The summed E-state index contributed by atoms with van der Waals surface area (Å²) in [4.78, 5) is 29.4. The molecular weight excluding hydrogens is 501 g/mol. The smallest absolute Gasteiger partial charge is 0.255 e. The quantitative estimate of drug-likeness (QED) is 0.216. The molecule has 0 saturated heterocycles. The van der Waals surface area contributed by atoms with E-state index in [2.05, 4.69) is 15.6 Å². The van der Waals surface area contributed by atoms with E-state index in [0.29, 0.717) is 33.4 Å². The number of rotatable bonds is 7. The molecule has 0 radical (unpaired) electrons. The Labute approximate surface area is 223 Å². The van der Waals surface area contributed by atoms with E-state index in [9.17, 15) is 19.1 Å². The molecule has 2 aromatic heterocycles. The number of benzene rings is 3. The van der Waals surface area contributed by atoms with Gasteiger partial charge in [0, 0.05) is 47.8 Å². The van der Waals surface area contributed by atoms with Crippen LogP contribution in [0.1, 0.15) is 34.6 Å². The second kappa shape index (κ2) is 10.0. The molecule has 0 bridgehead atoms. The predicted octanol–water partition coefficient (Wildman–Crippen LogP) is 5.22. The molecule has 0 aliphatic carbocycles. The van der Waals surface area contributed by atoms with Crippen molar-refractivity contribution in [1.82, 2.24) is 15.6 Å². The van der Waals surface area contributed by atoms with Gasteiger partial charge in [-0.05, 0) is 67.9 Å². The van der Waals surface area contributed by atoms with Gasteiger partial charge in [-0.1, -0.05) is 12.1 Å². The zero-order valence-electron chi connectivity index (χ0n) is 21.9. The van der Waals surface area contributed by atoms with Gasteiger partial charge < -0.3 is 29.9 Å². The Kier molecular flexibility index (Phi) is 6.71. The second-order valence-electron chi connectivity index (χ2n) is 9.80. The van der Waals surface area contributed by atoms with Crippen LogP contribution >= 0.6 is 0 Å². The van der Waals surface area contributed by atoms with Crippen LogP contribution in [0.15, 0.2) is 71.3 Å². The highest BCUT2D eigenvalue weighted by Gasteiger charge is 2.30. The first-order chi connectivity index (χ1) is 18.6. The number of H-pyrrole nitrogens is 1. The molecule has 0 aliphatic heterocycles. The van der Waals surface area contributed by atoms with E-state index in [1.165, 1.54) is 26.3 Å². The molecule has 2 amide bonds. The van der Waals surface area contributed by atoms with Crippen molar-refractivity contribution in [1.29, 1.82) is 0 Å². The van der Waals surface area contributed by atoms with Gasteiger partial charge >= 0.3 is 0 Å². The Morgan fingerprint density at radius 3 is 2.46 bits per heavy atom. The summed E-state index contributed by atoms with van der Waals surface area (Å²) in [6, 6.07) is 16.5. The molecule has 2 heterocycles. The largest absolute Gasteiger partial charge is 0.454 e. The SMILES string of the molecule is CNC(=O)c1c(-c2ccc(F)cc2)oc2c1cc(-c1cccc(C(=O)NC(C)(C)C(O)OC)c1)c1[nH]ccc12. The molecule has 39 heavy (non-hydrogen) atoms. The number of halogens is 1. The number of hydrogen-bond acceptors (Lipinski definition) is 5. The van der Waals surface area contributed by atoms with Crippen molar-refractivity contribution in [3.05, 3.63) is 83.8 Å². The van der Waals surface area contributed by atoms with Gasteiger partial charge in [-0.2, -0.15) is 0 Å². The molecule has 5 aromatic rings. The number of nitrogens with one attached hydrogen (secondary N) is 3. The topological polar surface area (TPSA) is 117 Å². The lowest BCUT2D eigenvalue weighted by Gasteiger charge is -2.30. The molecule has 1 atom stereocenters. The Bertz CT molecular complexity index is 1700. The molecule has 3 aromatic carbocycles. The highest BCUT2D eigenvalue weighted by molar-refractivity contribution is 6.19. The first-order valence-electron chi connectivity index (χ1n) is 12.3. The van der Waals surface area contributed by atoms with Gasteiger partial charge in [0.15, 0.2) is 6.29 Å². The summed E-state index contributed by atoms with van der Waals surface area (Å²) in [5.74, 6) is -0.789. The number of aromatic nitrogens is 1. The highest BCUT2D eigenvalue weighted by atomic mass is 19.1. The number of amides is 2. The van der Waals surface area contributed by atoms with E-state index in [-0.39, 0.29) is 11.8 Å². The van der Waals surface area contributed by atoms with Gasteiger partial charge in [0.05, 0.1) is 16.6 Å². The van der Waals surface area contributed by atoms with Gasteiger partial charge in [-0.3, -0.25) is 9.59 Å². The summed E-state index contributed by atoms with van der Waals surface area (Å²) in [6.45, 7) is 3.33. The Hall–Kier alpha value is -4.47. The fourth-order valence-electron chi connectivity index (χ4n) is 4.71. The van der Waals surface area contributed by atoms with E-state index in [1.54, 1.807) is 50.4 Å². The molecule has 8 nitrogen and oxygen atoms in total. The van der Waals surface area contributed by atoms with Crippen molar-refractivity contribution >= 4 is 33.7 Å². The van der Waals surface area contributed by atoms with Crippen LogP contribution in [0.25, 0.3) is 44.3 Å². The number of fused-ring (bicyclic) bond motifs is 3. The Morgan fingerprint density at radius 2 is 1.77 bits per heavy atom. The van der Waals surface area contributed by atoms with Crippen molar-refractivity contribution in [2.24, 2.45) is 0 Å². The van der Waals surface area contributed by atoms with Gasteiger partial charge in [0.1, 0.15) is 17.2 Å². The maximum absolute atomic E-state index is 13.6. The van der Waals surface area contributed by atoms with E-state index in [1.807, 2.05) is 18.2 Å².